The van der Waals surface area contributed by atoms with Crippen molar-refractivity contribution in [1.29, 1.82) is 0 Å². The number of sulfonamides is 1. The van der Waals surface area contributed by atoms with Gasteiger partial charge in [-0.1, -0.05) is 33.1 Å². The minimum absolute atomic E-state index is 0.579. The van der Waals surface area contributed by atoms with Gasteiger partial charge in [0.25, 0.3) is 0 Å². The van der Waals surface area contributed by atoms with E-state index in [2.05, 4.69) is 18.6 Å². The van der Waals surface area contributed by atoms with Crippen molar-refractivity contribution in [2.24, 2.45) is 5.92 Å². The molecule has 1 N–H and O–H groups in total. The molecule has 0 aliphatic carbocycles. The lowest BCUT2D eigenvalue weighted by Crippen LogP contribution is -2.23. The lowest BCUT2D eigenvalue weighted by atomic mass is 9.99. The standard InChI is InChI=1S/C10H23NO2S/c1-4-5-7-10(2)8-6-9-11-14(3,12)13/h10-11H,4-9H2,1-3H3. The Kier molecular flexibility index (Phi) is 7.19. The van der Waals surface area contributed by atoms with E-state index in [1.54, 1.807) is 0 Å². The molecule has 0 saturated carbocycles. The normalized spacial score (nSPS) is 14.2. The van der Waals surface area contributed by atoms with Crippen LogP contribution in [0.15, 0.2) is 0 Å². The highest BCUT2D eigenvalue weighted by atomic mass is 32.2. The molecule has 0 fully saturated rings. The summed E-state index contributed by atoms with van der Waals surface area (Å²) < 4.78 is 24.0. The Morgan fingerprint density at radius 2 is 1.79 bits per heavy atom. The van der Waals surface area contributed by atoms with Gasteiger partial charge in [0.05, 0.1) is 6.26 Å². The summed E-state index contributed by atoms with van der Waals surface area (Å²) in [4.78, 5) is 0. The number of hydrogen-bond acceptors (Lipinski definition) is 2. The second-order valence-electron chi connectivity index (χ2n) is 4.06. The largest absolute Gasteiger partial charge is 0.215 e. The van der Waals surface area contributed by atoms with Crippen molar-refractivity contribution >= 4 is 10.0 Å². The van der Waals surface area contributed by atoms with Crippen LogP contribution < -0.4 is 4.72 Å². The lowest BCUT2D eigenvalue weighted by molar-refractivity contribution is 0.455. The van der Waals surface area contributed by atoms with Gasteiger partial charge in [0, 0.05) is 6.54 Å². The minimum Gasteiger partial charge on any atom is -0.215 e. The van der Waals surface area contributed by atoms with Crippen molar-refractivity contribution in [2.45, 2.75) is 46.0 Å². The quantitative estimate of drug-likeness (QED) is 0.638. The zero-order chi connectivity index (χ0) is 11.0. The molecular formula is C10H23NO2S. The molecule has 4 heteroatoms. The second kappa shape index (κ2) is 7.23. The maximum atomic E-state index is 10.7. The first-order chi connectivity index (χ1) is 6.45. The number of nitrogens with one attached hydrogen (secondary N) is 1. The van der Waals surface area contributed by atoms with Crippen molar-refractivity contribution < 1.29 is 8.42 Å². The van der Waals surface area contributed by atoms with Crippen LogP contribution in [0.4, 0.5) is 0 Å². The predicted octanol–water partition coefficient (Wildman–Crippen LogP) is 2.14. The topological polar surface area (TPSA) is 46.2 Å². The molecule has 0 radical (unpaired) electrons. The first-order valence-corrected chi connectivity index (χ1v) is 7.29. The molecule has 0 aromatic carbocycles. The van der Waals surface area contributed by atoms with Crippen molar-refractivity contribution in [3.05, 3.63) is 0 Å². The molecule has 0 spiro atoms. The van der Waals surface area contributed by atoms with E-state index in [0.717, 1.165) is 18.8 Å². The maximum absolute atomic E-state index is 10.7. The van der Waals surface area contributed by atoms with E-state index in [0.29, 0.717) is 6.54 Å². The molecular weight excluding hydrogens is 198 g/mol. The summed E-state index contributed by atoms with van der Waals surface area (Å²) >= 11 is 0. The smallest absolute Gasteiger partial charge is 0.208 e. The fraction of sp³-hybridized carbons (Fsp3) is 1.00. The van der Waals surface area contributed by atoms with Gasteiger partial charge >= 0.3 is 0 Å². The molecule has 0 aliphatic heterocycles. The molecule has 0 aliphatic rings. The summed E-state index contributed by atoms with van der Waals surface area (Å²) in [5.41, 5.74) is 0. The van der Waals surface area contributed by atoms with Gasteiger partial charge in [0.2, 0.25) is 10.0 Å². The average Bonchev–Trinajstić information content (AvgIpc) is 2.07. The fourth-order valence-electron chi connectivity index (χ4n) is 1.41. The van der Waals surface area contributed by atoms with E-state index >= 15 is 0 Å². The summed E-state index contributed by atoms with van der Waals surface area (Å²) in [5.74, 6) is 0.719. The van der Waals surface area contributed by atoms with Gasteiger partial charge < -0.3 is 0 Å². The highest BCUT2D eigenvalue weighted by Crippen LogP contribution is 2.13. The minimum atomic E-state index is -2.99. The van der Waals surface area contributed by atoms with Crippen LogP contribution in [0.2, 0.25) is 0 Å². The Hall–Kier alpha value is -0.0900. The Labute approximate surface area is 88.3 Å². The van der Waals surface area contributed by atoms with E-state index in [9.17, 15) is 8.42 Å². The molecule has 14 heavy (non-hydrogen) atoms. The average molecular weight is 221 g/mol. The molecule has 0 amide bonds. The van der Waals surface area contributed by atoms with Crippen LogP contribution in [0.25, 0.3) is 0 Å². The summed E-state index contributed by atoms with van der Waals surface area (Å²) in [6, 6.07) is 0. The van der Waals surface area contributed by atoms with Crippen molar-refractivity contribution in [3.63, 3.8) is 0 Å². The molecule has 0 heterocycles. The van der Waals surface area contributed by atoms with Crippen LogP contribution in [0.1, 0.15) is 46.0 Å². The van der Waals surface area contributed by atoms with E-state index in [1.807, 2.05) is 0 Å². The molecule has 86 valence electrons. The molecule has 3 nitrogen and oxygen atoms in total. The predicted molar refractivity (Wildman–Crippen MR) is 60.8 cm³/mol. The second-order valence-corrected chi connectivity index (χ2v) is 5.89. The summed E-state index contributed by atoms with van der Waals surface area (Å²) in [7, 11) is -2.99. The molecule has 0 saturated heterocycles. The Morgan fingerprint density at radius 1 is 1.21 bits per heavy atom. The summed E-state index contributed by atoms with van der Waals surface area (Å²) in [6.45, 7) is 5.00. The van der Waals surface area contributed by atoms with Crippen LogP contribution in [0.3, 0.4) is 0 Å². The Bertz CT molecular complexity index is 224. The van der Waals surface area contributed by atoms with E-state index in [4.69, 9.17) is 0 Å². The van der Waals surface area contributed by atoms with Gasteiger partial charge in [-0.05, 0) is 18.8 Å². The van der Waals surface area contributed by atoms with Crippen LogP contribution >= 0.6 is 0 Å². The van der Waals surface area contributed by atoms with Gasteiger partial charge in [-0.2, -0.15) is 0 Å². The van der Waals surface area contributed by atoms with Gasteiger partial charge in [0.1, 0.15) is 0 Å². The monoisotopic (exact) mass is 221 g/mol. The fourth-order valence-corrected chi connectivity index (χ4v) is 1.92. The number of hydrogen-bond donors (Lipinski definition) is 1. The van der Waals surface area contributed by atoms with Gasteiger partial charge in [-0.25, -0.2) is 13.1 Å². The zero-order valence-electron chi connectivity index (χ0n) is 9.54. The van der Waals surface area contributed by atoms with Crippen LogP contribution in [0.5, 0.6) is 0 Å². The Balaban J connectivity index is 3.36. The highest BCUT2D eigenvalue weighted by Gasteiger charge is 2.03. The van der Waals surface area contributed by atoms with Crippen molar-refractivity contribution in [3.8, 4) is 0 Å². The third-order valence-electron chi connectivity index (χ3n) is 2.29. The summed E-state index contributed by atoms with van der Waals surface area (Å²) in [6.07, 6.45) is 7.04. The van der Waals surface area contributed by atoms with Crippen molar-refractivity contribution in [1.82, 2.24) is 4.72 Å². The number of rotatable bonds is 8. The first kappa shape index (κ1) is 13.9. The van der Waals surface area contributed by atoms with Crippen LogP contribution in [-0.2, 0) is 10.0 Å². The number of unbranched alkanes of at least 4 members (excludes halogenated alkanes) is 1. The first-order valence-electron chi connectivity index (χ1n) is 5.40. The Morgan fingerprint density at radius 3 is 2.29 bits per heavy atom. The summed E-state index contributed by atoms with van der Waals surface area (Å²) in [5, 5.41) is 0. The molecule has 1 unspecified atom stereocenters. The van der Waals surface area contributed by atoms with Gasteiger partial charge in [0.15, 0.2) is 0 Å². The molecule has 0 aromatic heterocycles. The third-order valence-corrected chi connectivity index (χ3v) is 3.02. The maximum Gasteiger partial charge on any atom is 0.208 e. The zero-order valence-corrected chi connectivity index (χ0v) is 10.4. The molecule has 0 aromatic rings. The lowest BCUT2D eigenvalue weighted by Gasteiger charge is -2.10. The molecule has 0 bridgehead atoms. The van der Waals surface area contributed by atoms with E-state index < -0.39 is 10.0 Å². The van der Waals surface area contributed by atoms with Crippen LogP contribution in [0, 0.1) is 5.92 Å². The van der Waals surface area contributed by atoms with E-state index in [1.165, 1.54) is 25.5 Å². The van der Waals surface area contributed by atoms with Gasteiger partial charge in [-0.15, -0.1) is 0 Å². The highest BCUT2D eigenvalue weighted by molar-refractivity contribution is 7.88. The SMILES string of the molecule is CCCCC(C)CCCNS(C)(=O)=O. The van der Waals surface area contributed by atoms with Crippen LogP contribution in [-0.4, -0.2) is 21.2 Å². The third kappa shape index (κ3) is 9.99. The molecule has 0 rings (SSSR count). The van der Waals surface area contributed by atoms with Gasteiger partial charge in [-0.3, -0.25) is 0 Å². The van der Waals surface area contributed by atoms with E-state index in [-0.39, 0.29) is 0 Å². The molecule has 1 atom stereocenters. The van der Waals surface area contributed by atoms with Crippen molar-refractivity contribution in [2.75, 3.05) is 12.8 Å².